The number of hydrogen-bond acceptors (Lipinski definition) is 2. The molecule has 0 aliphatic heterocycles. The average molecular weight is 191 g/mol. The van der Waals surface area contributed by atoms with Gasteiger partial charge in [0.15, 0.2) is 0 Å². The zero-order chi connectivity index (χ0) is 9.97. The van der Waals surface area contributed by atoms with E-state index >= 15 is 0 Å². The smallest absolute Gasteiger partial charge is 0.118 e. The highest BCUT2D eigenvalue weighted by Crippen LogP contribution is 2.24. The van der Waals surface area contributed by atoms with Gasteiger partial charge in [-0.15, -0.1) is 0 Å². The van der Waals surface area contributed by atoms with E-state index in [0.717, 1.165) is 11.8 Å². The van der Waals surface area contributed by atoms with Crippen molar-refractivity contribution in [2.24, 2.45) is 0 Å². The first-order chi connectivity index (χ1) is 6.79. The predicted molar refractivity (Wildman–Crippen MR) is 57.6 cm³/mol. The molecule has 0 radical (unpaired) electrons. The molecule has 0 saturated heterocycles. The number of rotatable bonds is 4. The van der Waals surface area contributed by atoms with Crippen molar-refractivity contribution in [2.75, 3.05) is 7.11 Å². The maximum absolute atomic E-state index is 5.12. The Morgan fingerprint density at radius 3 is 2.43 bits per heavy atom. The third-order valence-electron chi connectivity index (χ3n) is 2.68. The quantitative estimate of drug-likeness (QED) is 0.789. The van der Waals surface area contributed by atoms with Crippen molar-refractivity contribution in [1.82, 2.24) is 5.32 Å². The molecule has 1 aliphatic rings. The summed E-state index contributed by atoms with van der Waals surface area (Å²) in [4.78, 5) is 0. The maximum atomic E-state index is 5.12. The second-order valence-corrected chi connectivity index (χ2v) is 3.94. The van der Waals surface area contributed by atoms with Crippen LogP contribution in [0.2, 0.25) is 0 Å². The minimum absolute atomic E-state index is 0.452. The molecule has 0 bridgehead atoms. The Labute approximate surface area is 85.3 Å². The van der Waals surface area contributed by atoms with Crippen LogP contribution in [0.3, 0.4) is 0 Å². The fraction of sp³-hybridized carbons (Fsp3) is 0.500. The summed E-state index contributed by atoms with van der Waals surface area (Å²) < 4.78 is 5.12. The van der Waals surface area contributed by atoms with Gasteiger partial charge in [-0.3, -0.25) is 0 Å². The molecule has 0 unspecified atom stereocenters. The van der Waals surface area contributed by atoms with Gasteiger partial charge in [0, 0.05) is 12.1 Å². The van der Waals surface area contributed by atoms with Gasteiger partial charge < -0.3 is 10.1 Å². The Bertz CT molecular complexity index is 290. The third kappa shape index (κ3) is 2.26. The van der Waals surface area contributed by atoms with E-state index in [0.29, 0.717) is 6.04 Å². The highest BCUT2D eigenvalue weighted by molar-refractivity contribution is 5.28. The summed E-state index contributed by atoms with van der Waals surface area (Å²) in [5, 5.41) is 3.57. The molecule has 2 nitrogen and oxygen atoms in total. The van der Waals surface area contributed by atoms with Crippen molar-refractivity contribution in [3.8, 4) is 5.75 Å². The summed E-state index contributed by atoms with van der Waals surface area (Å²) in [6.45, 7) is 2.21. The van der Waals surface area contributed by atoms with Crippen molar-refractivity contribution in [2.45, 2.75) is 31.8 Å². The Hall–Kier alpha value is -1.02. The van der Waals surface area contributed by atoms with E-state index in [1.54, 1.807) is 7.11 Å². The molecule has 1 saturated carbocycles. The average Bonchev–Trinajstić information content (AvgIpc) is 3.02. The number of methoxy groups -OCH3 is 1. The highest BCUT2D eigenvalue weighted by atomic mass is 16.5. The third-order valence-corrected chi connectivity index (χ3v) is 2.68. The fourth-order valence-electron chi connectivity index (χ4n) is 1.59. The molecule has 2 rings (SSSR count). The molecule has 1 N–H and O–H groups in total. The summed E-state index contributed by atoms with van der Waals surface area (Å²) in [5.41, 5.74) is 1.33. The molecule has 14 heavy (non-hydrogen) atoms. The second kappa shape index (κ2) is 4.01. The van der Waals surface area contributed by atoms with Crippen molar-refractivity contribution in [3.05, 3.63) is 29.8 Å². The van der Waals surface area contributed by atoms with E-state index in [1.165, 1.54) is 18.4 Å². The summed E-state index contributed by atoms with van der Waals surface area (Å²) in [5.74, 6) is 0.923. The van der Waals surface area contributed by atoms with Gasteiger partial charge in [-0.1, -0.05) is 12.1 Å². The summed E-state index contributed by atoms with van der Waals surface area (Å²) in [6.07, 6.45) is 2.67. The van der Waals surface area contributed by atoms with E-state index < -0.39 is 0 Å². The topological polar surface area (TPSA) is 21.3 Å². The number of nitrogens with one attached hydrogen (secondary N) is 1. The predicted octanol–water partition coefficient (Wildman–Crippen LogP) is 2.51. The lowest BCUT2D eigenvalue weighted by molar-refractivity contribution is 0.414. The number of hydrogen-bond donors (Lipinski definition) is 1. The molecule has 1 aromatic carbocycles. The minimum atomic E-state index is 0.452. The second-order valence-electron chi connectivity index (χ2n) is 3.94. The van der Waals surface area contributed by atoms with Crippen LogP contribution in [0.4, 0.5) is 0 Å². The number of ether oxygens (including phenoxy) is 1. The molecule has 0 amide bonds. The molecule has 1 aliphatic carbocycles. The van der Waals surface area contributed by atoms with Crippen molar-refractivity contribution >= 4 is 0 Å². The molecule has 0 aromatic heterocycles. The molecular formula is C12H17NO. The Morgan fingerprint density at radius 1 is 1.29 bits per heavy atom. The van der Waals surface area contributed by atoms with E-state index in [-0.39, 0.29) is 0 Å². The first-order valence-electron chi connectivity index (χ1n) is 5.19. The van der Waals surface area contributed by atoms with Crippen molar-refractivity contribution in [3.63, 3.8) is 0 Å². The van der Waals surface area contributed by atoms with Gasteiger partial charge in [0.05, 0.1) is 7.11 Å². The monoisotopic (exact) mass is 191 g/mol. The van der Waals surface area contributed by atoms with Crippen LogP contribution >= 0.6 is 0 Å². The van der Waals surface area contributed by atoms with Crippen molar-refractivity contribution in [1.29, 1.82) is 0 Å². The van der Waals surface area contributed by atoms with E-state index in [2.05, 4.69) is 24.4 Å². The molecule has 76 valence electrons. The summed E-state index contributed by atoms with van der Waals surface area (Å²) in [7, 11) is 1.70. The van der Waals surface area contributed by atoms with Gasteiger partial charge in [0.2, 0.25) is 0 Å². The Morgan fingerprint density at radius 2 is 1.93 bits per heavy atom. The van der Waals surface area contributed by atoms with Crippen LogP contribution in [0.5, 0.6) is 5.75 Å². The van der Waals surface area contributed by atoms with Gasteiger partial charge in [0.25, 0.3) is 0 Å². The van der Waals surface area contributed by atoms with Crippen LogP contribution in [0, 0.1) is 0 Å². The summed E-state index contributed by atoms with van der Waals surface area (Å²) in [6, 6.07) is 9.49. The lowest BCUT2D eigenvalue weighted by Crippen LogP contribution is -2.20. The SMILES string of the molecule is COc1ccc([C@H](C)NC2CC2)cc1. The summed E-state index contributed by atoms with van der Waals surface area (Å²) >= 11 is 0. The largest absolute Gasteiger partial charge is 0.497 e. The highest BCUT2D eigenvalue weighted by Gasteiger charge is 2.23. The molecule has 1 aromatic rings. The Balaban J connectivity index is 1.99. The molecule has 1 fully saturated rings. The maximum Gasteiger partial charge on any atom is 0.118 e. The molecule has 2 heteroatoms. The van der Waals surface area contributed by atoms with Crippen LogP contribution in [-0.4, -0.2) is 13.2 Å². The zero-order valence-corrected chi connectivity index (χ0v) is 8.79. The fourth-order valence-corrected chi connectivity index (χ4v) is 1.59. The van der Waals surface area contributed by atoms with Crippen LogP contribution in [0.15, 0.2) is 24.3 Å². The molecule has 1 atom stereocenters. The first-order valence-corrected chi connectivity index (χ1v) is 5.19. The van der Waals surface area contributed by atoms with E-state index in [1.807, 2.05) is 12.1 Å². The van der Waals surface area contributed by atoms with Gasteiger partial charge in [-0.25, -0.2) is 0 Å². The van der Waals surface area contributed by atoms with Gasteiger partial charge in [-0.05, 0) is 37.5 Å². The first kappa shape index (κ1) is 9.53. The lowest BCUT2D eigenvalue weighted by Gasteiger charge is -2.13. The lowest BCUT2D eigenvalue weighted by atomic mass is 10.1. The molecular weight excluding hydrogens is 174 g/mol. The van der Waals surface area contributed by atoms with E-state index in [4.69, 9.17) is 4.74 Å². The minimum Gasteiger partial charge on any atom is -0.497 e. The zero-order valence-electron chi connectivity index (χ0n) is 8.79. The van der Waals surface area contributed by atoms with Gasteiger partial charge in [-0.2, -0.15) is 0 Å². The normalized spacial score (nSPS) is 17.9. The standard InChI is InChI=1S/C12H17NO/c1-9(13-11-5-6-11)10-3-7-12(14-2)8-4-10/h3-4,7-9,11,13H,5-6H2,1-2H3/t9-/m0/s1. The van der Waals surface area contributed by atoms with Crippen LogP contribution in [0.1, 0.15) is 31.4 Å². The van der Waals surface area contributed by atoms with Crippen LogP contribution in [0.25, 0.3) is 0 Å². The van der Waals surface area contributed by atoms with Crippen LogP contribution < -0.4 is 10.1 Å². The Kier molecular flexibility index (Phi) is 2.73. The molecule has 0 spiro atoms. The van der Waals surface area contributed by atoms with Crippen LogP contribution in [-0.2, 0) is 0 Å². The van der Waals surface area contributed by atoms with Crippen molar-refractivity contribution < 1.29 is 4.74 Å². The van der Waals surface area contributed by atoms with Gasteiger partial charge >= 0.3 is 0 Å². The number of benzene rings is 1. The van der Waals surface area contributed by atoms with Gasteiger partial charge in [0.1, 0.15) is 5.75 Å². The molecule has 0 heterocycles. The van der Waals surface area contributed by atoms with E-state index in [9.17, 15) is 0 Å².